The molecule has 0 aliphatic heterocycles. The van der Waals surface area contributed by atoms with Crippen LogP contribution in [0.3, 0.4) is 0 Å². The number of hydrogen-bond donors (Lipinski definition) is 3. The zero-order valence-electron chi connectivity index (χ0n) is 10.7. The molecule has 0 radical (unpaired) electrons. The molecule has 2 unspecified atom stereocenters. The van der Waals surface area contributed by atoms with E-state index in [1.54, 1.807) is 13.0 Å². The van der Waals surface area contributed by atoms with E-state index in [1.165, 1.54) is 18.2 Å². The number of amidine groups is 1. The first kappa shape index (κ1) is 16.2. The van der Waals surface area contributed by atoms with E-state index in [0.29, 0.717) is 5.56 Å². The lowest BCUT2D eigenvalue weighted by Crippen LogP contribution is -2.43. The van der Waals surface area contributed by atoms with Gasteiger partial charge in [-0.25, -0.2) is 4.39 Å². The van der Waals surface area contributed by atoms with Crippen LogP contribution in [0.25, 0.3) is 0 Å². The number of hydrogen-bond acceptors (Lipinski definition) is 3. The zero-order valence-corrected chi connectivity index (χ0v) is 10.7. The first-order valence-corrected chi connectivity index (χ1v) is 5.78. The number of nitrogens with zero attached hydrogens (tertiary/aromatic N) is 1. The van der Waals surface area contributed by atoms with Crippen LogP contribution in [0, 0.1) is 11.7 Å². The normalized spacial score (nSPS) is 15.9. The molecule has 0 spiro atoms. The van der Waals surface area contributed by atoms with Crippen molar-refractivity contribution in [1.82, 2.24) is 5.32 Å². The van der Waals surface area contributed by atoms with E-state index in [9.17, 15) is 17.6 Å². The third-order valence-electron chi connectivity index (χ3n) is 2.84. The van der Waals surface area contributed by atoms with E-state index in [4.69, 9.17) is 10.9 Å². The van der Waals surface area contributed by atoms with Gasteiger partial charge < -0.3 is 16.3 Å². The van der Waals surface area contributed by atoms with Crippen molar-refractivity contribution < 1.29 is 22.8 Å². The highest BCUT2D eigenvalue weighted by atomic mass is 19.4. The fourth-order valence-corrected chi connectivity index (χ4v) is 1.65. The molecule has 0 bridgehead atoms. The number of alkyl halides is 3. The van der Waals surface area contributed by atoms with E-state index in [-0.39, 0.29) is 0 Å². The SMILES string of the molecule is CC(NCC(/C(N)=N/O)C(F)(F)F)c1cccc(F)c1. The van der Waals surface area contributed by atoms with Gasteiger partial charge in [-0.2, -0.15) is 13.2 Å². The lowest BCUT2D eigenvalue weighted by Gasteiger charge is -2.22. The summed E-state index contributed by atoms with van der Waals surface area (Å²) in [5.41, 5.74) is 5.54. The molecule has 2 atom stereocenters. The topological polar surface area (TPSA) is 70.6 Å². The molecule has 1 aromatic carbocycles. The van der Waals surface area contributed by atoms with Gasteiger partial charge in [-0.3, -0.25) is 0 Å². The van der Waals surface area contributed by atoms with Crippen molar-refractivity contribution in [3.05, 3.63) is 35.6 Å². The molecule has 112 valence electrons. The maximum absolute atomic E-state index is 13.0. The van der Waals surface area contributed by atoms with Crippen LogP contribution in [0.4, 0.5) is 17.6 Å². The predicted molar refractivity (Wildman–Crippen MR) is 65.8 cm³/mol. The summed E-state index contributed by atoms with van der Waals surface area (Å²) in [4.78, 5) is 0. The Morgan fingerprint density at radius 3 is 2.60 bits per heavy atom. The predicted octanol–water partition coefficient (Wildman–Crippen LogP) is 2.40. The fraction of sp³-hybridized carbons (Fsp3) is 0.417. The standard InChI is InChI=1S/C12H15F4N3O/c1-7(8-3-2-4-9(13)5-8)18-6-10(11(17)19-20)12(14,15)16/h2-5,7,10,18,20H,6H2,1H3,(H2,17,19). The Bertz CT molecular complexity index is 476. The molecule has 0 saturated heterocycles. The maximum atomic E-state index is 13.0. The van der Waals surface area contributed by atoms with Crippen molar-refractivity contribution in [2.45, 2.75) is 19.1 Å². The minimum Gasteiger partial charge on any atom is -0.409 e. The Morgan fingerprint density at radius 1 is 1.45 bits per heavy atom. The smallest absolute Gasteiger partial charge is 0.400 e. The number of nitrogens with one attached hydrogen (secondary N) is 1. The summed E-state index contributed by atoms with van der Waals surface area (Å²) in [5.74, 6) is -3.50. The summed E-state index contributed by atoms with van der Waals surface area (Å²) in [6, 6.07) is 5.01. The molecule has 0 aromatic heterocycles. The highest BCUT2D eigenvalue weighted by Crippen LogP contribution is 2.26. The van der Waals surface area contributed by atoms with Gasteiger partial charge in [-0.15, -0.1) is 0 Å². The van der Waals surface area contributed by atoms with Crippen molar-refractivity contribution in [3.8, 4) is 0 Å². The van der Waals surface area contributed by atoms with Gasteiger partial charge in [0.2, 0.25) is 0 Å². The molecule has 1 rings (SSSR count). The minimum atomic E-state index is -4.63. The molecule has 4 N–H and O–H groups in total. The van der Waals surface area contributed by atoms with Gasteiger partial charge in [0.25, 0.3) is 0 Å². The Kier molecular flexibility index (Phi) is 5.32. The van der Waals surface area contributed by atoms with E-state index in [0.717, 1.165) is 0 Å². The molecule has 4 nitrogen and oxygen atoms in total. The minimum absolute atomic E-state index is 0.472. The third-order valence-corrected chi connectivity index (χ3v) is 2.84. The molecule has 0 aliphatic rings. The number of benzene rings is 1. The van der Waals surface area contributed by atoms with Crippen LogP contribution in [-0.4, -0.2) is 23.8 Å². The van der Waals surface area contributed by atoms with Crippen molar-refractivity contribution in [2.24, 2.45) is 16.8 Å². The van der Waals surface area contributed by atoms with Gasteiger partial charge in [-0.1, -0.05) is 17.3 Å². The van der Waals surface area contributed by atoms with Crippen LogP contribution >= 0.6 is 0 Å². The Balaban J connectivity index is 2.73. The molecule has 20 heavy (non-hydrogen) atoms. The molecular weight excluding hydrogens is 278 g/mol. The highest BCUT2D eigenvalue weighted by Gasteiger charge is 2.42. The molecule has 0 heterocycles. The molecule has 0 fully saturated rings. The Hall–Kier alpha value is -1.83. The fourth-order valence-electron chi connectivity index (χ4n) is 1.65. The summed E-state index contributed by atoms with van der Waals surface area (Å²) in [7, 11) is 0. The molecule has 0 amide bonds. The van der Waals surface area contributed by atoms with Gasteiger partial charge in [-0.05, 0) is 24.6 Å². The Labute approximate surface area is 113 Å². The van der Waals surface area contributed by atoms with Gasteiger partial charge >= 0.3 is 6.18 Å². The van der Waals surface area contributed by atoms with Crippen LogP contribution < -0.4 is 11.1 Å². The van der Waals surface area contributed by atoms with Crippen molar-refractivity contribution in [2.75, 3.05) is 6.54 Å². The maximum Gasteiger partial charge on any atom is 0.400 e. The zero-order chi connectivity index (χ0) is 15.3. The lowest BCUT2D eigenvalue weighted by atomic mass is 10.1. The third kappa shape index (κ3) is 4.37. The van der Waals surface area contributed by atoms with E-state index in [1.807, 2.05) is 0 Å². The second-order valence-corrected chi connectivity index (χ2v) is 4.30. The molecular formula is C12H15F4N3O. The van der Waals surface area contributed by atoms with Gasteiger partial charge in [0.1, 0.15) is 11.7 Å². The van der Waals surface area contributed by atoms with Crippen LogP contribution in [0.15, 0.2) is 29.4 Å². The first-order chi connectivity index (χ1) is 9.25. The van der Waals surface area contributed by atoms with Crippen LogP contribution in [0.2, 0.25) is 0 Å². The number of halogens is 4. The highest BCUT2D eigenvalue weighted by molar-refractivity contribution is 5.83. The van der Waals surface area contributed by atoms with Crippen molar-refractivity contribution in [1.29, 1.82) is 0 Å². The summed E-state index contributed by atoms with van der Waals surface area (Å²) in [5, 5.41) is 13.4. The van der Waals surface area contributed by atoms with E-state index < -0.39 is 36.3 Å². The summed E-state index contributed by atoms with van der Waals surface area (Å²) >= 11 is 0. The molecule has 0 aliphatic carbocycles. The van der Waals surface area contributed by atoms with Gasteiger partial charge in [0.15, 0.2) is 5.84 Å². The summed E-state index contributed by atoms with van der Waals surface area (Å²) in [6.07, 6.45) is -4.63. The van der Waals surface area contributed by atoms with E-state index in [2.05, 4.69) is 10.5 Å². The average molecular weight is 293 g/mol. The van der Waals surface area contributed by atoms with Crippen LogP contribution in [0.1, 0.15) is 18.5 Å². The largest absolute Gasteiger partial charge is 0.409 e. The number of nitrogens with two attached hydrogens (primary N) is 1. The average Bonchev–Trinajstić information content (AvgIpc) is 2.36. The molecule has 0 saturated carbocycles. The monoisotopic (exact) mass is 293 g/mol. The molecule has 8 heteroatoms. The second kappa shape index (κ2) is 6.56. The van der Waals surface area contributed by atoms with E-state index >= 15 is 0 Å². The summed E-state index contributed by atoms with van der Waals surface area (Å²) < 4.78 is 51.1. The van der Waals surface area contributed by atoms with Crippen molar-refractivity contribution in [3.63, 3.8) is 0 Å². The van der Waals surface area contributed by atoms with Crippen molar-refractivity contribution >= 4 is 5.84 Å². The lowest BCUT2D eigenvalue weighted by molar-refractivity contribution is -0.155. The van der Waals surface area contributed by atoms with Gasteiger partial charge in [0.05, 0.1) is 0 Å². The Morgan fingerprint density at radius 2 is 2.10 bits per heavy atom. The summed E-state index contributed by atoms with van der Waals surface area (Å²) in [6.45, 7) is 1.02. The first-order valence-electron chi connectivity index (χ1n) is 5.78. The number of oxime groups is 1. The quantitative estimate of drug-likeness (QED) is 0.257. The van der Waals surface area contributed by atoms with Gasteiger partial charge in [0, 0.05) is 12.6 Å². The second-order valence-electron chi connectivity index (χ2n) is 4.30. The van der Waals surface area contributed by atoms with Crippen LogP contribution in [-0.2, 0) is 0 Å². The number of rotatable bonds is 5. The van der Waals surface area contributed by atoms with Crippen LogP contribution in [0.5, 0.6) is 0 Å². The molecule has 1 aromatic rings.